The van der Waals surface area contributed by atoms with Crippen molar-refractivity contribution < 1.29 is 9.47 Å². The number of benzene rings is 1. The van der Waals surface area contributed by atoms with Crippen molar-refractivity contribution in [1.29, 1.82) is 0 Å². The predicted octanol–water partition coefficient (Wildman–Crippen LogP) is 1.93. The molecular formula is C22H27N5O3. The molecule has 8 heteroatoms. The molecule has 158 valence electrons. The lowest BCUT2D eigenvalue weighted by Crippen LogP contribution is -2.26. The van der Waals surface area contributed by atoms with Crippen molar-refractivity contribution in [3.63, 3.8) is 0 Å². The van der Waals surface area contributed by atoms with Crippen molar-refractivity contribution in [2.24, 2.45) is 0 Å². The van der Waals surface area contributed by atoms with Crippen LogP contribution in [0.2, 0.25) is 0 Å². The van der Waals surface area contributed by atoms with E-state index in [0.717, 1.165) is 51.5 Å². The maximum absolute atomic E-state index is 12.8. The molecule has 8 nitrogen and oxygen atoms in total. The van der Waals surface area contributed by atoms with Crippen LogP contribution in [-0.4, -0.2) is 64.0 Å². The smallest absolute Gasteiger partial charge is 0.276 e. The molecule has 2 aromatic heterocycles. The summed E-state index contributed by atoms with van der Waals surface area (Å²) in [5.74, 6) is 1.79. The number of hydrogen-bond donors (Lipinski definition) is 1. The summed E-state index contributed by atoms with van der Waals surface area (Å²) in [6.45, 7) is 3.87. The standard InChI is InChI=1S/C22H27N5O3/c1-29-19-14-26(12-15-5-3-2-4-6-15)13-17(19)20-24-22(28)18-11-23-21(27(18)25-20)16-7-9-30-10-8-16/h2-6,11,16-17,19H,7-10,12-14H2,1H3,(H,24,25,28)/t17-,19-/m0/s1. The summed E-state index contributed by atoms with van der Waals surface area (Å²) in [7, 11) is 1.73. The Labute approximate surface area is 174 Å². The molecule has 2 atom stereocenters. The number of imidazole rings is 1. The molecule has 0 radical (unpaired) electrons. The first-order chi connectivity index (χ1) is 14.7. The van der Waals surface area contributed by atoms with Crippen LogP contribution in [0, 0.1) is 0 Å². The van der Waals surface area contributed by atoms with Crippen LogP contribution >= 0.6 is 0 Å². The van der Waals surface area contributed by atoms with Crippen molar-refractivity contribution in [2.45, 2.75) is 37.3 Å². The fraction of sp³-hybridized carbons (Fsp3) is 0.500. The Bertz CT molecular complexity index is 1060. The van der Waals surface area contributed by atoms with Gasteiger partial charge in [0.25, 0.3) is 5.56 Å². The number of methoxy groups -OCH3 is 1. The predicted molar refractivity (Wildman–Crippen MR) is 112 cm³/mol. The van der Waals surface area contributed by atoms with Gasteiger partial charge in [0.05, 0.1) is 18.2 Å². The molecule has 1 aromatic carbocycles. The molecule has 4 heterocycles. The first-order valence-electron chi connectivity index (χ1n) is 10.6. The minimum Gasteiger partial charge on any atom is -0.381 e. The van der Waals surface area contributed by atoms with E-state index in [0.29, 0.717) is 11.3 Å². The molecule has 0 bridgehead atoms. The van der Waals surface area contributed by atoms with Gasteiger partial charge in [-0.25, -0.2) is 9.50 Å². The SMILES string of the molecule is CO[C@H]1CN(Cc2ccccc2)C[C@@H]1c1nn2c(C3CCOCC3)ncc2c(=O)[nH]1. The number of nitrogens with zero attached hydrogens (tertiary/aromatic N) is 4. The Hall–Kier alpha value is -2.55. The molecule has 2 saturated heterocycles. The second-order valence-corrected chi connectivity index (χ2v) is 8.20. The summed E-state index contributed by atoms with van der Waals surface area (Å²) in [5, 5.41) is 4.84. The Morgan fingerprint density at radius 3 is 2.77 bits per heavy atom. The third-order valence-corrected chi connectivity index (χ3v) is 6.28. The fourth-order valence-corrected chi connectivity index (χ4v) is 4.66. The lowest BCUT2D eigenvalue weighted by molar-refractivity contribution is 0.0831. The quantitative estimate of drug-likeness (QED) is 0.693. The second kappa shape index (κ2) is 8.29. The van der Waals surface area contributed by atoms with Gasteiger partial charge in [-0.2, -0.15) is 5.10 Å². The van der Waals surface area contributed by atoms with Crippen LogP contribution in [0.1, 0.15) is 41.9 Å². The molecule has 0 saturated carbocycles. The molecule has 0 unspecified atom stereocenters. The first-order valence-corrected chi connectivity index (χ1v) is 10.6. The molecule has 2 fully saturated rings. The topological polar surface area (TPSA) is 84.8 Å². The molecule has 3 aromatic rings. The van der Waals surface area contributed by atoms with Crippen molar-refractivity contribution in [1.82, 2.24) is 24.5 Å². The van der Waals surface area contributed by atoms with Gasteiger partial charge in [0.15, 0.2) is 5.52 Å². The lowest BCUT2D eigenvalue weighted by atomic mass is 10.00. The fourth-order valence-electron chi connectivity index (χ4n) is 4.66. The van der Waals surface area contributed by atoms with E-state index in [1.165, 1.54) is 5.56 Å². The lowest BCUT2D eigenvalue weighted by Gasteiger charge is -2.21. The number of H-pyrrole nitrogens is 1. The molecule has 30 heavy (non-hydrogen) atoms. The summed E-state index contributed by atoms with van der Waals surface area (Å²) in [5.41, 5.74) is 1.61. The Morgan fingerprint density at radius 1 is 1.20 bits per heavy atom. The summed E-state index contributed by atoms with van der Waals surface area (Å²) in [6, 6.07) is 10.4. The first kappa shape index (κ1) is 19.4. The number of hydrogen-bond acceptors (Lipinski definition) is 6. The maximum atomic E-state index is 12.8. The highest BCUT2D eigenvalue weighted by atomic mass is 16.5. The van der Waals surface area contributed by atoms with E-state index in [-0.39, 0.29) is 23.5 Å². The largest absolute Gasteiger partial charge is 0.381 e. The van der Waals surface area contributed by atoms with Crippen LogP contribution < -0.4 is 5.56 Å². The molecular weight excluding hydrogens is 382 g/mol. The van der Waals surface area contributed by atoms with Gasteiger partial charge in [0.2, 0.25) is 0 Å². The van der Waals surface area contributed by atoms with Gasteiger partial charge in [-0.3, -0.25) is 9.69 Å². The molecule has 0 aliphatic carbocycles. The molecule has 0 amide bonds. The maximum Gasteiger partial charge on any atom is 0.276 e. The summed E-state index contributed by atoms with van der Waals surface area (Å²) < 4.78 is 13.0. The highest BCUT2D eigenvalue weighted by Crippen LogP contribution is 2.29. The minimum atomic E-state index is -0.151. The number of likely N-dealkylation sites (tertiary alicyclic amines) is 1. The van der Waals surface area contributed by atoms with E-state index in [4.69, 9.17) is 14.6 Å². The number of rotatable bonds is 5. The van der Waals surface area contributed by atoms with Gasteiger partial charge in [0, 0.05) is 45.9 Å². The number of ether oxygens (including phenoxy) is 2. The van der Waals surface area contributed by atoms with E-state index in [2.05, 4.69) is 39.1 Å². The van der Waals surface area contributed by atoms with Gasteiger partial charge in [0.1, 0.15) is 11.6 Å². The monoisotopic (exact) mass is 409 g/mol. The Kier molecular flexibility index (Phi) is 5.37. The third kappa shape index (κ3) is 3.66. The minimum absolute atomic E-state index is 0.000696. The van der Waals surface area contributed by atoms with Gasteiger partial charge < -0.3 is 14.5 Å². The zero-order valence-corrected chi connectivity index (χ0v) is 17.2. The van der Waals surface area contributed by atoms with Gasteiger partial charge in [-0.1, -0.05) is 30.3 Å². The van der Waals surface area contributed by atoms with E-state index >= 15 is 0 Å². The van der Waals surface area contributed by atoms with Gasteiger partial charge >= 0.3 is 0 Å². The van der Waals surface area contributed by atoms with Gasteiger partial charge in [-0.05, 0) is 18.4 Å². The summed E-state index contributed by atoms with van der Waals surface area (Å²) in [6.07, 6.45) is 3.41. The number of aromatic nitrogens is 4. The highest BCUT2D eigenvalue weighted by molar-refractivity contribution is 5.42. The number of aromatic amines is 1. The normalized spacial score (nSPS) is 23.4. The average molecular weight is 409 g/mol. The highest BCUT2D eigenvalue weighted by Gasteiger charge is 2.36. The van der Waals surface area contributed by atoms with Crippen molar-refractivity contribution in [3.05, 3.63) is 64.1 Å². The van der Waals surface area contributed by atoms with Crippen LogP contribution in [0.3, 0.4) is 0 Å². The number of nitrogens with one attached hydrogen (secondary N) is 1. The average Bonchev–Trinajstić information content (AvgIpc) is 3.39. The van der Waals surface area contributed by atoms with Crippen LogP contribution in [0.5, 0.6) is 0 Å². The summed E-state index contributed by atoms with van der Waals surface area (Å²) >= 11 is 0. The number of fused-ring (bicyclic) bond motifs is 1. The molecule has 5 rings (SSSR count). The van der Waals surface area contributed by atoms with Crippen LogP contribution in [0.4, 0.5) is 0 Å². The van der Waals surface area contributed by atoms with Crippen LogP contribution in [-0.2, 0) is 16.0 Å². The van der Waals surface area contributed by atoms with E-state index in [9.17, 15) is 4.79 Å². The zero-order valence-electron chi connectivity index (χ0n) is 17.2. The van der Waals surface area contributed by atoms with Crippen molar-refractivity contribution >= 4 is 5.52 Å². The molecule has 2 aliphatic heterocycles. The second-order valence-electron chi connectivity index (χ2n) is 8.20. The van der Waals surface area contributed by atoms with E-state index in [1.54, 1.807) is 17.8 Å². The zero-order chi connectivity index (χ0) is 20.5. The molecule has 1 N–H and O–H groups in total. The van der Waals surface area contributed by atoms with Crippen molar-refractivity contribution in [2.75, 3.05) is 33.4 Å². The molecule has 0 spiro atoms. The van der Waals surface area contributed by atoms with Gasteiger partial charge in [-0.15, -0.1) is 0 Å². The van der Waals surface area contributed by atoms with E-state index < -0.39 is 0 Å². The molecule has 2 aliphatic rings. The summed E-state index contributed by atoms with van der Waals surface area (Å²) in [4.78, 5) is 22.7. The Balaban J connectivity index is 1.45. The Morgan fingerprint density at radius 2 is 2.00 bits per heavy atom. The van der Waals surface area contributed by atoms with Crippen LogP contribution in [0.25, 0.3) is 5.52 Å². The van der Waals surface area contributed by atoms with E-state index in [1.807, 2.05) is 6.07 Å². The van der Waals surface area contributed by atoms with Crippen molar-refractivity contribution in [3.8, 4) is 0 Å². The van der Waals surface area contributed by atoms with Crippen LogP contribution in [0.15, 0.2) is 41.3 Å². The third-order valence-electron chi connectivity index (χ3n) is 6.28.